The summed E-state index contributed by atoms with van der Waals surface area (Å²) in [5, 5.41) is 6.35. The summed E-state index contributed by atoms with van der Waals surface area (Å²) in [5.74, 6) is -0.0826. The molecule has 0 saturated carbocycles. The minimum atomic E-state index is -3.44. The van der Waals surface area contributed by atoms with Crippen LogP contribution in [0.15, 0.2) is 53.6 Å². The van der Waals surface area contributed by atoms with E-state index in [-0.39, 0.29) is 17.9 Å². The van der Waals surface area contributed by atoms with Crippen LogP contribution in [0.3, 0.4) is 0 Å². The van der Waals surface area contributed by atoms with Crippen LogP contribution in [0, 0.1) is 12.8 Å². The molecule has 1 N–H and O–H groups in total. The molecular weight excluding hydrogens is 398 g/mol. The zero-order chi connectivity index (χ0) is 21.9. The highest BCUT2D eigenvalue weighted by atomic mass is 32.2. The molecule has 0 unspecified atom stereocenters. The first-order chi connectivity index (χ1) is 14.2. The topological polar surface area (TPSA) is 78.8 Å². The maximum Gasteiger partial charge on any atom is 0.246 e. The molecule has 0 bridgehead atoms. The van der Waals surface area contributed by atoms with E-state index in [1.807, 2.05) is 57.2 Å². The van der Waals surface area contributed by atoms with Crippen molar-refractivity contribution in [3.05, 3.63) is 65.2 Å². The summed E-state index contributed by atoms with van der Waals surface area (Å²) in [4.78, 5) is 13.3. The first-order valence-electron chi connectivity index (χ1n) is 10.3. The second-order valence-electron chi connectivity index (χ2n) is 7.74. The van der Waals surface area contributed by atoms with Crippen molar-refractivity contribution in [1.29, 1.82) is 0 Å². The van der Waals surface area contributed by atoms with Crippen LogP contribution in [0.1, 0.15) is 55.8 Å². The summed E-state index contributed by atoms with van der Waals surface area (Å²) in [5.41, 5.74) is 4.03. The quantitative estimate of drug-likeness (QED) is 0.707. The van der Waals surface area contributed by atoms with Crippen LogP contribution < -0.4 is 4.72 Å². The number of carbonyl (C=O) groups is 1. The fourth-order valence-corrected chi connectivity index (χ4v) is 4.51. The number of rotatable bonds is 7. The number of nitrogens with zero attached hydrogens (tertiary/aromatic N) is 2. The van der Waals surface area contributed by atoms with Crippen molar-refractivity contribution in [3.8, 4) is 0 Å². The van der Waals surface area contributed by atoms with Crippen LogP contribution in [-0.4, -0.2) is 31.3 Å². The Morgan fingerprint density at radius 1 is 1.13 bits per heavy atom. The number of hydrazone groups is 1. The van der Waals surface area contributed by atoms with Crippen LogP contribution in [0.2, 0.25) is 0 Å². The van der Waals surface area contributed by atoms with E-state index in [9.17, 15) is 13.2 Å². The number of anilines is 1. The zero-order valence-corrected chi connectivity index (χ0v) is 18.7. The third-order valence-electron chi connectivity index (χ3n) is 5.55. The molecule has 0 aromatic heterocycles. The predicted octanol–water partition coefficient (Wildman–Crippen LogP) is 4.48. The Morgan fingerprint density at radius 2 is 1.77 bits per heavy atom. The minimum absolute atomic E-state index is 0.0109. The summed E-state index contributed by atoms with van der Waals surface area (Å²) in [6.07, 6.45) is 3.16. The lowest BCUT2D eigenvalue weighted by Gasteiger charge is -2.26. The Morgan fingerprint density at radius 3 is 2.40 bits per heavy atom. The molecule has 2 aromatic carbocycles. The first kappa shape index (κ1) is 22.0. The normalized spacial score (nSPS) is 16.6. The number of para-hydroxylation sites is 1. The molecule has 1 aliphatic rings. The molecule has 7 heteroatoms. The number of carbonyl (C=O) groups excluding carboxylic acids is 1. The number of aryl methyl sites for hydroxylation is 1. The lowest BCUT2D eigenvalue weighted by atomic mass is 9.93. The molecule has 2 aromatic rings. The van der Waals surface area contributed by atoms with Gasteiger partial charge in [0.25, 0.3) is 0 Å². The summed E-state index contributed by atoms with van der Waals surface area (Å²) in [6.45, 7) is 6.06. The van der Waals surface area contributed by atoms with Gasteiger partial charge in [0.15, 0.2) is 0 Å². The molecule has 160 valence electrons. The highest BCUT2D eigenvalue weighted by molar-refractivity contribution is 7.92. The van der Waals surface area contributed by atoms with Gasteiger partial charge in [-0.25, -0.2) is 13.4 Å². The standard InChI is InChI=1S/C23H29N3O3S/c1-5-17(6-2)23(27)26-22(18-12-8-7-11-16(18)3)15-21(24-26)19-13-9-10-14-20(19)25-30(4,28)29/h7-14,17,22,25H,5-6,15H2,1-4H3/t22-/m0/s1. The van der Waals surface area contributed by atoms with Gasteiger partial charge in [0.05, 0.1) is 23.7 Å². The number of benzene rings is 2. The molecule has 0 saturated heterocycles. The van der Waals surface area contributed by atoms with Crippen molar-refractivity contribution in [2.45, 2.75) is 46.1 Å². The minimum Gasteiger partial charge on any atom is -0.283 e. The Balaban J connectivity index is 2.06. The van der Waals surface area contributed by atoms with Crippen LogP contribution in [-0.2, 0) is 14.8 Å². The average molecular weight is 428 g/mol. The van der Waals surface area contributed by atoms with Crippen molar-refractivity contribution in [1.82, 2.24) is 5.01 Å². The largest absolute Gasteiger partial charge is 0.283 e. The van der Waals surface area contributed by atoms with Gasteiger partial charge in [0, 0.05) is 17.9 Å². The van der Waals surface area contributed by atoms with E-state index < -0.39 is 10.0 Å². The molecule has 3 rings (SSSR count). The molecule has 0 fully saturated rings. The first-order valence-corrected chi connectivity index (χ1v) is 12.2. The monoisotopic (exact) mass is 427 g/mol. The smallest absolute Gasteiger partial charge is 0.246 e. The van der Waals surface area contributed by atoms with E-state index >= 15 is 0 Å². The van der Waals surface area contributed by atoms with Crippen molar-refractivity contribution in [2.24, 2.45) is 11.0 Å². The maximum atomic E-state index is 13.3. The maximum absolute atomic E-state index is 13.3. The van der Waals surface area contributed by atoms with Gasteiger partial charge in [-0.2, -0.15) is 5.10 Å². The molecule has 0 radical (unpaired) electrons. The van der Waals surface area contributed by atoms with Crippen molar-refractivity contribution < 1.29 is 13.2 Å². The molecule has 6 nitrogen and oxygen atoms in total. The molecule has 0 spiro atoms. The van der Waals surface area contributed by atoms with E-state index in [0.29, 0.717) is 23.4 Å². The van der Waals surface area contributed by atoms with Gasteiger partial charge in [-0.15, -0.1) is 0 Å². The van der Waals surface area contributed by atoms with E-state index in [1.165, 1.54) is 0 Å². The van der Waals surface area contributed by atoms with Crippen LogP contribution in [0.25, 0.3) is 0 Å². The van der Waals surface area contributed by atoms with Crippen molar-refractivity contribution in [3.63, 3.8) is 0 Å². The van der Waals surface area contributed by atoms with Gasteiger partial charge >= 0.3 is 0 Å². The van der Waals surface area contributed by atoms with Gasteiger partial charge in [-0.3, -0.25) is 9.52 Å². The van der Waals surface area contributed by atoms with E-state index in [1.54, 1.807) is 17.1 Å². The van der Waals surface area contributed by atoms with Gasteiger partial charge < -0.3 is 0 Å². The van der Waals surface area contributed by atoms with Gasteiger partial charge in [0.1, 0.15) is 0 Å². The Labute approximate surface area is 179 Å². The Bertz CT molecular complexity index is 1060. The highest BCUT2D eigenvalue weighted by Gasteiger charge is 2.36. The summed E-state index contributed by atoms with van der Waals surface area (Å²) < 4.78 is 26.2. The van der Waals surface area contributed by atoms with Crippen LogP contribution in [0.5, 0.6) is 0 Å². The molecule has 1 aliphatic heterocycles. The second-order valence-corrected chi connectivity index (χ2v) is 9.49. The summed E-state index contributed by atoms with van der Waals surface area (Å²) in [6, 6.07) is 15.0. The summed E-state index contributed by atoms with van der Waals surface area (Å²) in [7, 11) is -3.44. The Kier molecular flexibility index (Phi) is 6.61. The van der Waals surface area contributed by atoms with Gasteiger partial charge in [0.2, 0.25) is 15.9 Å². The number of hydrogen-bond acceptors (Lipinski definition) is 4. The molecular formula is C23H29N3O3S. The Hall–Kier alpha value is -2.67. The van der Waals surface area contributed by atoms with Gasteiger partial charge in [-0.05, 0) is 37.0 Å². The van der Waals surface area contributed by atoms with Gasteiger partial charge in [-0.1, -0.05) is 56.3 Å². The lowest BCUT2D eigenvalue weighted by Crippen LogP contribution is -2.32. The number of sulfonamides is 1. The zero-order valence-electron chi connectivity index (χ0n) is 17.9. The number of amides is 1. The predicted molar refractivity (Wildman–Crippen MR) is 121 cm³/mol. The lowest BCUT2D eigenvalue weighted by molar-refractivity contribution is -0.137. The number of nitrogens with one attached hydrogen (secondary N) is 1. The fourth-order valence-electron chi connectivity index (χ4n) is 3.93. The average Bonchev–Trinajstić information content (AvgIpc) is 3.13. The van der Waals surface area contributed by atoms with Crippen molar-refractivity contribution in [2.75, 3.05) is 11.0 Å². The molecule has 0 aliphatic carbocycles. The molecule has 1 atom stereocenters. The van der Waals surface area contributed by atoms with Crippen LogP contribution >= 0.6 is 0 Å². The van der Waals surface area contributed by atoms with E-state index in [4.69, 9.17) is 5.10 Å². The fraction of sp³-hybridized carbons (Fsp3) is 0.391. The van der Waals surface area contributed by atoms with E-state index in [2.05, 4.69) is 4.72 Å². The molecule has 1 heterocycles. The molecule has 1 amide bonds. The third-order valence-corrected chi connectivity index (χ3v) is 6.14. The summed E-state index contributed by atoms with van der Waals surface area (Å²) >= 11 is 0. The van der Waals surface area contributed by atoms with Crippen molar-refractivity contribution >= 4 is 27.3 Å². The molecule has 30 heavy (non-hydrogen) atoms. The second kappa shape index (κ2) is 9.00. The third kappa shape index (κ3) is 4.73. The van der Waals surface area contributed by atoms with E-state index in [0.717, 1.165) is 30.2 Å². The van der Waals surface area contributed by atoms with Crippen LogP contribution in [0.4, 0.5) is 5.69 Å². The number of hydrogen-bond donors (Lipinski definition) is 1. The SMILES string of the molecule is CCC(CC)C(=O)N1N=C(c2ccccc2NS(C)(=O)=O)C[C@H]1c1ccccc1C. The highest BCUT2D eigenvalue weighted by Crippen LogP contribution is 2.37.